The van der Waals surface area contributed by atoms with Crippen LogP contribution in [0.5, 0.6) is 0 Å². The topological polar surface area (TPSA) is 95.6 Å². The second-order valence-electron chi connectivity index (χ2n) is 7.69. The van der Waals surface area contributed by atoms with Crippen molar-refractivity contribution in [3.8, 4) is 0 Å². The number of piperidine rings is 1. The molecule has 1 atom stereocenters. The number of hydrogen-bond donors (Lipinski definition) is 2. The predicted octanol–water partition coefficient (Wildman–Crippen LogP) is 3.19. The third-order valence-corrected chi connectivity index (χ3v) is 7.61. The summed E-state index contributed by atoms with van der Waals surface area (Å²) in [6.07, 6.45) is 0.797. The summed E-state index contributed by atoms with van der Waals surface area (Å²) < 4.78 is 27.0. The average molecular weight is 464 g/mol. The quantitative estimate of drug-likeness (QED) is 0.687. The Morgan fingerprint density at radius 3 is 2.29 bits per heavy atom. The molecule has 1 fully saturated rings. The largest absolute Gasteiger partial charge is 0.344 e. The van der Waals surface area contributed by atoms with E-state index < -0.39 is 16.1 Å². The van der Waals surface area contributed by atoms with Crippen molar-refractivity contribution in [1.82, 2.24) is 9.62 Å². The fourth-order valence-corrected chi connectivity index (χ4v) is 5.07. The van der Waals surface area contributed by atoms with E-state index in [0.29, 0.717) is 23.6 Å². The highest BCUT2D eigenvalue weighted by Crippen LogP contribution is 2.24. The van der Waals surface area contributed by atoms with Crippen molar-refractivity contribution in [2.45, 2.75) is 37.6 Å². The van der Waals surface area contributed by atoms with Gasteiger partial charge >= 0.3 is 0 Å². The van der Waals surface area contributed by atoms with E-state index in [9.17, 15) is 18.0 Å². The van der Waals surface area contributed by atoms with Gasteiger partial charge in [0.25, 0.3) is 0 Å². The molecular formula is C22H26ClN3O4S. The lowest BCUT2D eigenvalue weighted by atomic mass is 9.97. The summed E-state index contributed by atoms with van der Waals surface area (Å²) in [5.74, 6) is -0.977. The van der Waals surface area contributed by atoms with Gasteiger partial charge in [-0.2, -0.15) is 4.31 Å². The van der Waals surface area contributed by atoms with Crippen LogP contribution in [0.15, 0.2) is 53.4 Å². The van der Waals surface area contributed by atoms with Crippen LogP contribution in [0.2, 0.25) is 5.02 Å². The standard InChI is InChI=1S/C22H26ClN3O4S/c1-15-7-9-18(10-8-15)31(29,30)26-13-11-17(12-14-26)22(28)24-16(2)21(27)25-20-6-4-3-5-19(20)23/h3-10,16-17H,11-14H2,1-2H3,(H,24,28)(H,25,27). The van der Waals surface area contributed by atoms with E-state index in [0.717, 1.165) is 5.56 Å². The number of carbonyl (C=O) groups excluding carboxylic acids is 2. The molecule has 7 nitrogen and oxygen atoms in total. The van der Waals surface area contributed by atoms with Crippen LogP contribution in [0, 0.1) is 12.8 Å². The average Bonchev–Trinajstić information content (AvgIpc) is 2.75. The van der Waals surface area contributed by atoms with E-state index in [1.807, 2.05) is 6.92 Å². The maximum Gasteiger partial charge on any atom is 0.246 e. The Balaban J connectivity index is 1.53. The first kappa shape index (κ1) is 23.2. The van der Waals surface area contributed by atoms with Gasteiger partial charge in [0.05, 0.1) is 15.6 Å². The van der Waals surface area contributed by atoms with Gasteiger partial charge in [-0.05, 0) is 51.0 Å². The molecule has 2 N–H and O–H groups in total. The minimum absolute atomic E-state index is 0.255. The number of hydrogen-bond acceptors (Lipinski definition) is 4. The van der Waals surface area contributed by atoms with Gasteiger partial charge in [-0.3, -0.25) is 9.59 Å². The first-order chi connectivity index (χ1) is 14.7. The van der Waals surface area contributed by atoms with E-state index >= 15 is 0 Å². The van der Waals surface area contributed by atoms with Crippen molar-refractivity contribution in [2.75, 3.05) is 18.4 Å². The number of amides is 2. The van der Waals surface area contributed by atoms with Crippen LogP contribution >= 0.6 is 11.6 Å². The first-order valence-corrected chi connectivity index (χ1v) is 11.9. The van der Waals surface area contributed by atoms with Crippen LogP contribution in [0.4, 0.5) is 5.69 Å². The van der Waals surface area contributed by atoms with Crippen molar-refractivity contribution in [3.63, 3.8) is 0 Å². The van der Waals surface area contributed by atoms with Gasteiger partial charge in [0.1, 0.15) is 6.04 Å². The summed E-state index contributed by atoms with van der Waals surface area (Å²) in [6, 6.07) is 12.8. The SMILES string of the molecule is Cc1ccc(S(=O)(=O)N2CCC(C(=O)NC(C)C(=O)Nc3ccccc3Cl)CC2)cc1. The van der Waals surface area contributed by atoms with Gasteiger partial charge in [0.2, 0.25) is 21.8 Å². The maximum atomic E-state index is 12.8. The highest BCUT2D eigenvalue weighted by Gasteiger charge is 2.33. The van der Waals surface area contributed by atoms with E-state index in [2.05, 4.69) is 10.6 Å². The molecule has 1 aliphatic rings. The molecule has 0 aromatic heterocycles. The smallest absolute Gasteiger partial charge is 0.246 e. The minimum atomic E-state index is -3.58. The summed E-state index contributed by atoms with van der Waals surface area (Å²) in [6.45, 7) is 4.01. The predicted molar refractivity (Wildman–Crippen MR) is 120 cm³/mol. The second-order valence-corrected chi connectivity index (χ2v) is 10.0. The number of nitrogens with one attached hydrogen (secondary N) is 2. The van der Waals surface area contributed by atoms with Crippen LogP contribution in [-0.2, 0) is 19.6 Å². The lowest BCUT2D eigenvalue weighted by Gasteiger charge is -2.31. The Morgan fingerprint density at radius 1 is 1.06 bits per heavy atom. The third kappa shape index (κ3) is 5.64. The number of halogens is 1. The van der Waals surface area contributed by atoms with Crippen molar-refractivity contribution in [2.24, 2.45) is 5.92 Å². The summed E-state index contributed by atoms with van der Waals surface area (Å²) in [5, 5.41) is 5.83. The molecule has 0 saturated carbocycles. The highest BCUT2D eigenvalue weighted by atomic mass is 35.5. The number of sulfonamides is 1. The van der Waals surface area contributed by atoms with E-state index in [1.54, 1.807) is 55.5 Å². The van der Waals surface area contributed by atoms with Crippen molar-refractivity contribution in [3.05, 3.63) is 59.1 Å². The molecule has 1 heterocycles. The molecular weight excluding hydrogens is 438 g/mol. The van der Waals surface area contributed by atoms with Crippen LogP contribution in [-0.4, -0.2) is 43.7 Å². The normalized spacial score (nSPS) is 16.5. The number of carbonyl (C=O) groups is 2. The van der Waals surface area contributed by atoms with Crippen LogP contribution in [0.1, 0.15) is 25.3 Å². The number of nitrogens with zero attached hydrogens (tertiary/aromatic N) is 1. The van der Waals surface area contributed by atoms with Crippen LogP contribution < -0.4 is 10.6 Å². The number of benzene rings is 2. The Morgan fingerprint density at radius 2 is 1.68 bits per heavy atom. The maximum absolute atomic E-state index is 12.8. The summed E-state index contributed by atoms with van der Waals surface area (Å²) >= 11 is 6.05. The molecule has 2 aromatic rings. The van der Waals surface area contributed by atoms with Crippen molar-refractivity contribution >= 4 is 39.1 Å². The Kier molecular flexibility index (Phi) is 7.35. The molecule has 9 heteroatoms. The van der Waals surface area contributed by atoms with Gasteiger partial charge in [-0.25, -0.2) is 8.42 Å². The molecule has 31 heavy (non-hydrogen) atoms. The number of anilines is 1. The molecule has 0 spiro atoms. The lowest BCUT2D eigenvalue weighted by molar-refractivity contribution is -0.129. The molecule has 166 valence electrons. The minimum Gasteiger partial charge on any atom is -0.344 e. The monoisotopic (exact) mass is 463 g/mol. The van der Waals surface area contributed by atoms with Gasteiger partial charge in [-0.15, -0.1) is 0 Å². The van der Waals surface area contributed by atoms with Gasteiger partial charge in [0.15, 0.2) is 0 Å². The summed E-state index contributed by atoms with van der Waals surface area (Å²) in [7, 11) is -3.58. The zero-order valence-corrected chi connectivity index (χ0v) is 19.0. The van der Waals surface area contributed by atoms with E-state index in [4.69, 9.17) is 11.6 Å². The fourth-order valence-electron chi connectivity index (χ4n) is 3.42. The molecule has 1 aliphatic heterocycles. The molecule has 0 bridgehead atoms. The Labute approximate surface area is 187 Å². The molecule has 2 aromatic carbocycles. The zero-order valence-electron chi connectivity index (χ0n) is 17.5. The Hall–Kier alpha value is -2.42. The molecule has 0 aliphatic carbocycles. The van der Waals surface area contributed by atoms with Gasteiger partial charge in [0, 0.05) is 19.0 Å². The van der Waals surface area contributed by atoms with E-state index in [-0.39, 0.29) is 35.7 Å². The van der Waals surface area contributed by atoms with E-state index in [1.165, 1.54) is 4.31 Å². The molecule has 2 amide bonds. The van der Waals surface area contributed by atoms with Crippen molar-refractivity contribution in [1.29, 1.82) is 0 Å². The third-order valence-electron chi connectivity index (χ3n) is 5.37. The van der Waals surface area contributed by atoms with Crippen molar-refractivity contribution < 1.29 is 18.0 Å². The van der Waals surface area contributed by atoms with Crippen LogP contribution in [0.3, 0.4) is 0 Å². The van der Waals surface area contributed by atoms with Gasteiger partial charge in [-0.1, -0.05) is 41.4 Å². The van der Waals surface area contributed by atoms with Crippen LogP contribution in [0.25, 0.3) is 0 Å². The molecule has 1 unspecified atom stereocenters. The summed E-state index contributed by atoms with van der Waals surface area (Å²) in [4.78, 5) is 25.2. The molecule has 0 radical (unpaired) electrons. The number of para-hydroxylation sites is 1. The number of rotatable bonds is 6. The lowest BCUT2D eigenvalue weighted by Crippen LogP contribution is -2.47. The second kappa shape index (κ2) is 9.80. The molecule has 3 rings (SSSR count). The molecule has 1 saturated heterocycles. The number of aryl methyl sites for hydroxylation is 1. The van der Waals surface area contributed by atoms with Gasteiger partial charge < -0.3 is 10.6 Å². The first-order valence-electron chi connectivity index (χ1n) is 10.1. The summed E-state index contributed by atoms with van der Waals surface area (Å²) in [5.41, 5.74) is 1.46. The highest BCUT2D eigenvalue weighted by molar-refractivity contribution is 7.89. The zero-order chi connectivity index (χ0) is 22.6. The Bertz CT molecular complexity index is 1050. The fraction of sp³-hybridized carbons (Fsp3) is 0.364.